The minimum atomic E-state index is 0.151. The molecule has 0 saturated heterocycles. The first kappa shape index (κ1) is 10.7. The Balaban J connectivity index is 2.47. The second kappa shape index (κ2) is 4.77. The number of hydrogen-bond donors (Lipinski definition) is 1. The van der Waals surface area contributed by atoms with E-state index in [0.29, 0.717) is 19.4 Å². The van der Waals surface area contributed by atoms with Crippen molar-refractivity contribution < 1.29 is 5.11 Å². The molecule has 0 radical (unpaired) electrons. The summed E-state index contributed by atoms with van der Waals surface area (Å²) in [5.74, 6) is 0.775. The lowest BCUT2D eigenvalue weighted by Gasteiger charge is -2.05. The number of aliphatic hydroxyl groups is 1. The second-order valence-corrected chi connectivity index (χ2v) is 3.58. The number of imidazole rings is 1. The first-order valence-corrected chi connectivity index (χ1v) is 5.28. The predicted octanol–water partition coefficient (Wildman–Crippen LogP) is 1.48. The van der Waals surface area contributed by atoms with Gasteiger partial charge in [0, 0.05) is 13.2 Å². The fourth-order valence-corrected chi connectivity index (χ4v) is 1.81. The van der Waals surface area contributed by atoms with Gasteiger partial charge < -0.3 is 9.67 Å². The normalized spacial score (nSPS) is 10.5. The number of aryl methyl sites for hydroxylation is 1. The molecule has 0 atom stereocenters. The highest BCUT2D eigenvalue weighted by molar-refractivity contribution is 5.75. The van der Waals surface area contributed by atoms with E-state index in [0.717, 1.165) is 16.9 Å². The zero-order valence-electron chi connectivity index (χ0n) is 8.93. The molecule has 0 bridgehead atoms. The van der Waals surface area contributed by atoms with Gasteiger partial charge in [0.05, 0.1) is 23.5 Å². The van der Waals surface area contributed by atoms with Gasteiger partial charge in [-0.05, 0) is 18.6 Å². The van der Waals surface area contributed by atoms with E-state index < -0.39 is 0 Å². The fraction of sp³-hybridized carbons (Fsp3) is 0.333. The number of para-hydroxylation sites is 2. The van der Waals surface area contributed by atoms with Crippen LogP contribution in [0.1, 0.15) is 12.2 Å². The number of rotatable bonds is 4. The molecule has 0 aliphatic rings. The van der Waals surface area contributed by atoms with E-state index in [1.807, 2.05) is 28.8 Å². The predicted molar refractivity (Wildman–Crippen MR) is 60.8 cm³/mol. The summed E-state index contributed by atoms with van der Waals surface area (Å²) in [4.78, 5) is 4.41. The maximum Gasteiger partial charge on any atom is 0.124 e. The van der Waals surface area contributed by atoms with E-state index in [1.54, 1.807) is 0 Å². The summed E-state index contributed by atoms with van der Waals surface area (Å²) in [6, 6.07) is 9.93. The van der Waals surface area contributed by atoms with Crippen LogP contribution in [-0.4, -0.2) is 21.3 Å². The van der Waals surface area contributed by atoms with Crippen LogP contribution in [0, 0.1) is 11.3 Å². The van der Waals surface area contributed by atoms with Crippen LogP contribution in [0.2, 0.25) is 0 Å². The Morgan fingerprint density at radius 3 is 2.94 bits per heavy atom. The van der Waals surface area contributed by atoms with E-state index in [-0.39, 0.29) is 6.61 Å². The summed E-state index contributed by atoms with van der Waals surface area (Å²) < 4.78 is 2.01. The van der Waals surface area contributed by atoms with Crippen molar-refractivity contribution in [2.24, 2.45) is 0 Å². The van der Waals surface area contributed by atoms with Gasteiger partial charge in [-0.25, -0.2) is 4.98 Å². The third-order valence-corrected chi connectivity index (χ3v) is 2.51. The van der Waals surface area contributed by atoms with E-state index in [1.165, 1.54) is 0 Å². The number of aromatic nitrogens is 2. The lowest BCUT2D eigenvalue weighted by molar-refractivity contribution is 0.280. The fourth-order valence-electron chi connectivity index (χ4n) is 1.81. The quantitative estimate of drug-likeness (QED) is 0.840. The van der Waals surface area contributed by atoms with Crippen LogP contribution in [-0.2, 0) is 13.0 Å². The molecule has 4 heteroatoms. The lowest BCUT2D eigenvalue weighted by atomic mass is 10.3. The van der Waals surface area contributed by atoms with Crippen molar-refractivity contribution in [2.45, 2.75) is 19.4 Å². The van der Waals surface area contributed by atoms with Crippen molar-refractivity contribution in [1.29, 1.82) is 5.26 Å². The number of fused-ring (bicyclic) bond motifs is 1. The molecule has 1 aromatic carbocycles. The molecule has 0 unspecified atom stereocenters. The van der Waals surface area contributed by atoms with Crippen molar-refractivity contribution in [3.05, 3.63) is 30.1 Å². The number of hydrogen-bond acceptors (Lipinski definition) is 3. The molecule has 4 nitrogen and oxygen atoms in total. The number of nitriles is 1. The van der Waals surface area contributed by atoms with E-state index >= 15 is 0 Å². The van der Waals surface area contributed by atoms with Gasteiger partial charge in [-0.3, -0.25) is 0 Å². The third-order valence-electron chi connectivity index (χ3n) is 2.51. The molecule has 0 fully saturated rings. The molecule has 0 aliphatic carbocycles. The molecule has 0 amide bonds. The Bertz CT molecular complexity index is 525. The van der Waals surface area contributed by atoms with Gasteiger partial charge in [0.2, 0.25) is 0 Å². The highest BCUT2D eigenvalue weighted by Crippen LogP contribution is 2.16. The van der Waals surface area contributed by atoms with Gasteiger partial charge in [0.15, 0.2) is 0 Å². The first-order chi connectivity index (χ1) is 7.86. The molecule has 2 aromatic rings. The molecule has 1 N–H and O–H groups in total. The topological polar surface area (TPSA) is 61.8 Å². The molecule has 1 aromatic heterocycles. The Labute approximate surface area is 93.8 Å². The lowest BCUT2D eigenvalue weighted by Crippen LogP contribution is -2.04. The standard InChI is InChI=1S/C12H13N3O/c13-7-6-12-14-10-4-1-2-5-11(10)15(12)8-3-9-16/h1-2,4-5,16H,3,6,8-9H2. The van der Waals surface area contributed by atoms with Crippen LogP contribution in [0.15, 0.2) is 24.3 Å². The molecule has 0 saturated carbocycles. The molecular formula is C12H13N3O. The highest BCUT2D eigenvalue weighted by atomic mass is 16.3. The van der Waals surface area contributed by atoms with Crippen molar-refractivity contribution >= 4 is 11.0 Å². The average Bonchev–Trinajstić information content (AvgIpc) is 2.65. The van der Waals surface area contributed by atoms with E-state index in [4.69, 9.17) is 10.4 Å². The van der Waals surface area contributed by atoms with Gasteiger partial charge in [-0.15, -0.1) is 0 Å². The summed E-state index contributed by atoms with van der Waals surface area (Å²) in [7, 11) is 0. The molecule has 2 rings (SSSR count). The SMILES string of the molecule is N#CCc1nc2ccccc2n1CCCO. The van der Waals surface area contributed by atoms with Crippen LogP contribution in [0.25, 0.3) is 11.0 Å². The summed E-state index contributed by atoms with van der Waals surface area (Å²) in [5.41, 5.74) is 1.94. The minimum Gasteiger partial charge on any atom is -0.396 e. The van der Waals surface area contributed by atoms with E-state index in [2.05, 4.69) is 11.1 Å². The van der Waals surface area contributed by atoms with Gasteiger partial charge in [0.1, 0.15) is 5.82 Å². The molecule has 0 spiro atoms. The number of benzene rings is 1. The van der Waals surface area contributed by atoms with Crippen molar-refractivity contribution in [1.82, 2.24) is 9.55 Å². The van der Waals surface area contributed by atoms with Crippen molar-refractivity contribution in [3.8, 4) is 6.07 Å². The number of aliphatic hydroxyl groups excluding tert-OH is 1. The first-order valence-electron chi connectivity index (χ1n) is 5.28. The zero-order chi connectivity index (χ0) is 11.4. The maximum absolute atomic E-state index is 8.86. The Hall–Kier alpha value is -1.86. The van der Waals surface area contributed by atoms with Crippen LogP contribution in [0.3, 0.4) is 0 Å². The molecule has 0 aliphatic heterocycles. The second-order valence-electron chi connectivity index (χ2n) is 3.58. The van der Waals surface area contributed by atoms with Crippen LogP contribution < -0.4 is 0 Å². The minimum absolute atomic E-state index is 0.151. The Morgan fingerprint density at radius 1 is 1.38 bits per heavy atom. The van der Waals surface area contributed by atoms with Crippen LogP contribution in [0.4, 0.5) is 0 Å². The van der Waals surface area contributed by atoms with Gasteiger partial charge in [0.25, 0.3) is 0 Å². The summed E-state index contributed by atoms with van der Waals surface area (Å²) in [6.07, 6.45) is 0.985. The van der Waals surface area contributed by atoms with Gasteiger partial charge in [-0.1, -0.05) is 12.1 Å². The maximum atomic E-state index is 8.86. The van der Waals surface area contributed by atoms with Crippen LogP contribution >= 0.6 is 0 Å². The number of nitrogens with zero attached hydrogens (tertiary/aromatic N) is 3. The highest BCUT2D eigenvalue weighted by Gasteiger charge is 2.08. The summed E-state index contributed by atoms with van der Waals surface area (Å²) in [6.45, 7) is 0.854. The molecular weight excluding hydrogens is 202 g/mol. The summed E-state index contributed by atoms with van der Waals surface area (Å²) >= 11 is 0. The van der Waals surface area contributed by atoms with Gasteiger partial charge in [-0.2, -0.15) is 5.26 Å². The Morgan fingerprint density at radius 2 is 2.19 bits per heavy atom. The Kier molecular flexibility index (Phi) is 3.18. The smallest absolute Gasteiger partial charge is 0.124 e. The van der Waals surface area contributed by atoms with Gasteiger partial charge >= 0.3 is 0 Å². The largest absolute Gasteiger partial charge is 0.396 e. The monoisotopic (exact) mass is 215 g/mol. The average molecular weight is 215 g/mol. The summed E-state index contributed by atoms with van der Waals surface area (Å²) in [5, 5.41) is 17.6. The molecule has 16 heavy (non-hydrogen) atoms. The van der Waals surface area contributed by atoms with Crippen molar-refractivity contribution in [2.75, 3.05) is 6.61 Å². The van der Waals surface area contributed by atoms with Crippen LogP contribution in [0.5, 0.6) is 0 Å². The molecule has 82 valence electrons. The van der Waals surface area contributed by atoms with E-state index in [9.17, 15) is 0 Å². The molecule has 1 heterocycles. The zero-order valence-corrected chi connectivity index (χ0v) is 8.93. The van der Waals surface area contributed by atoms with Crippen molar-refractivity contribution in [3.63, 3.8) is 0 Å². The third kappa shape index (κ3) is 1.90.